The first-order valence-corrected chi connectivity index (χ1v) is 7.28. The number of hydrogen-bond donors (Lipinski definition) is 0. The zero-order chi connectivity index (χ0) is 20.2. The normalized spacial score (nSPS) is 22.3. The minimum atomic E-state index is -4.59. The smallest absolute Gasteiger partial charge is 0.393 e. The van der Waals surface area contributed by atoms with Gasteiger partial charge in [0.25, 0.3) is 5.70 Å². The first kappa shape index (κ1) is 17.3. The molecule has 0 saturated carbocycles. The molecule has 0 radical (unpaired) electrons. The first-order valence-electron chi connectivity index (χ1n) is 7.78. The lowest BCUT2D eigenvalue weighted by Gasteiger charge is -2.28. The van der Waals surface area contributed by atoms with Crippen LogP contribution in [0, 0.1) is 24.5 Å². The molecule has 0 fully saturated rings. The summed E-state index contributed by atoms with van der Waals surface area (Å²) < 4.78 is 52.1. The Hall–Kier alpha value is -3.50. The van der Waals surface area contributed by atoms with E-state index in [1.807, 2.05) is 0 Å². The summed E-state index contributed by atoms with van der Waals surface area (Å²) >= 11 is 0. The van der Waals surface area contributed by atoms with Crippen LogP contribution in [0.15, 0.2) is 59.1 Å². The lowest BCUT2D eigenvalue weighted by Crippen LogP contribution is -2.33. The number of halogens is 3. The van der Waals surface area contributed by atoms with Crippen LogP contribution in [0.4, 0.5) is 13.2 Å². The van der Waals surface area contributed by atoms with Crippen LogP contribution in [0.2, 0.25) is 0 Å². The zero-order valence-corrected chi connectivity index (χ0v) is 13.6. The second-order valence-corrected chi connectivity index (χ2v) is 5.57. The van der Waals surface area contributed by atoms with Crippen LogP contribution in [-0.4, -0.2) is 11.8 Å². The quantitative estimate of drug-likeness (QED) is 0.547. The van der Waals surface area contributed by atoms with Crippen molar-refractivity contribution in [2.24, 2.45) is 0 Å². The maximum Gasteiger partial charge on any atom is 0.393 e. The van der Waals surface area contributed by atoms with E-state index in [1.165, 1.54) is 31.2 Å². The van der Waals surface area contributed by atoms with E-state index in [2.05, 4.69) is 9.69 Å². The van der Waals surface area contributed by atoms with E-state index in [1.54, 1.807) is 18.2 Å². The predicted molar refractivity (Wildman–Crippen MR) is 88.5 cm³/mol. The monoisotopic (exact) mass is 356 g/mol. The summed E-state index contributed by atoms with van der Waals surface area (Å²) in [5.41, 5.74) is -2.25. The van der Waals surface area contributed by atoms with Crippen LogP contribution in [0.25, 0.3) is 15.8 Å². The first-order chi connectivity index (χ1) is 12.6. The molecule has 0 bridgehead atoms. The second kappa shape index (κ2) is 7.17. The minimum Gasteiger partial charge on any atom is -0.505 e. The summed E-state index contributed by atoms with van der Waals surface area (Å²) in [5.74, 6) is -0.435. The number of nitriles is 1. The van der Waals surface area contributed by atoms with Crippen molar-refractivity contribution in [2.75, 3.05) is 0 Å². The van der Waals surface area contributed by atoms with Gasteiger partial charge in [-0.15, -0.1) is 0 Å². The Morgan fingerprint density at radius 3 is 2.54 bits per heavy atom. The van der Waals surface area contributed by atoms with Crippen LogP contribution in [-0.2, 0) is 4.74 Å². The molecule has 0 N–H and O–H groups in total. The molecule has 1 heterocycles. The highest BCUT2D eigenvalue weighted by atomic mass is 19.4. The van der Waals surface area contributed by atoms with Gasteiger partial charge in [-0.2, -0.15) is 13.2 Å². The van der Waals surface area contributed by atoms with E-state index in [0.29, 0.717) is 5.56 Å². The predicted octanol–water partition coefficient (Wildman–Crippen LogP) is 5.27. The summed E-state index contributed by atoms with van der Waals surface area (Å²) in [6.07, 6.45) is -3.16. The van der Waals surface area contributed by atoms with Gasteiger partial charge in [0.05, 0.1) is 27.0 Å². The Labute approximate surface area is 150 Å². The standard InChI is InChI=1S/C19H12F3N3O/c1-18(12-19(20,21)22)14(10-9-13-7-5-4-6-8-13)16(25-3)17(26-18)15(11-23)24-2/h4-10H,12H2,1H3/i4D. The molecule has 0 spiro atoms. The molecule has 1 aromatic rings. The Balaban J connectivity index is 2.63. The lowest BCUT2D eigenvalue weighted by atomic mass is 9.91. The van der Waals surface area contributed by atoms with Crippen LogP contribution in [0.3, 0.4) is 0 Å². The fourth-order valence-electron chi connectivity index (χ4n) is 2.56. The third-order valence-corrected chi connectivity index (χ3v) is 3.64. The van der Waals surface area contributed by atoms with Crippen molar-refractivity contribution < 1.29 is 19.3 Å². The minimum absolute atomic E-state index is 0.0591. The number of alkyl halides is 3. The van der Waals surface area contributed by atoms with E-state index in [0.717, 1.165) is 0 Å². The van der Waals surface area contributed by atoms with Gasteiger partial charge < -0.3 is 4.74 Å². The summed E-state index contributed by atoms with van der Waals surface area (Å²) in [6.45, 7) is 15.5. The molecule has 2 rings (SSSR count). The third-order valence-electron chi connectivity index (χ3n) is 3.64. The largest absolute Gasteiger partial charge is 0.505 e. The second-order valence-electron chi connectivity index (χ2n) is 5.57. The third kappa shape index (κ3) is 3.94. The Morgan fingerprint density at radius 2 is 2.04 bits per heavy atom. The number of benzene rings is 1. The highest BCUT2D eigenvalue weighted by Gasteiger charge is 2.49. The average molecular weight is 356 g/mol. The molecule has 1 atom stereocenters. The molecule has 0 aliphatic carbocycles. The number of rotatable bonds is 3. The summed E-state index contributed by atoms with van der Waals surface area (Å²) in [7, 11) is 0. The fourth-order valence-corrected chi connectivity index (χ4v) is 2.56. The van der Waals surface area contributed by atoms with Crippen LogP contribution < -0.4 is 0 Å². The molecular formula is C19H12F3N3O. The Morgan fingerprint density at radius 1 is 1.38 bits per heavy atom. The Kier molecular flexibility index (Phi) is 4.78. The number of allylic oxidation sites excluding steroid dienone is 1. The van der Waals surface area contributed by atoms with Crippen molar-refractivity contribution in [1.82, 2.24) is 0 Å². The van der Waals surface area contributed by atoms with Gasteiger partial charge in [0.15, 0.2) is 0 Å². The van der Waals surface area contributed by atoms with Gasteiger partial charge in [0, 0.05) is 5.57 Å². The number of hydrogen-bond acceptors (Lipinski definition) is 2. The highest BCUT2D eigenvalue weighted by molar-refractivity contribution is 5.61. The number of ether oxygens (including phenoxy) is 1. The van der Waals surface area contributed by atoms with E-state index < -0.39 is 29.7 Å². The van der Waals surface area contributed by atoms with Gasteiger partial charge >= 0.3 is 6.18 Å². The van der Waals surface area contributed by atoms with Crippen molar-refractivity contribution in [1.29, 1.82) is 5.26 Å². The molecule has 130 valence electrons. The highest BCUT2D eigenvalue weighted by Crippen LogP contribution is 2.47. The van der Waals surface area contributed by atoms with Gasteiger partial charge in [0.2, 0.25) is 5.70 Å². The van der Waals surface area contributed by atoms with Crippen LogP contribution in [0.5, 0.6) is 0 Å². The Bertz CT molecular complexity index is 954. The van der Waals surface area contributed by atoms with Gasteiger partial charge in [0.1, 0.15) is 11.4 Å². The maximum absolute atomic E-state index is 13.1. The summed E-state index contributed by atoms with van der Waals surface area (Å²) in [6, 6.07) is 8.07. The van der Waals surface area contributed by atoms with Gasteiger partial charge in [-0.1, -0.05) is 42.5 Å². The molecule has 1 aliphatic rings. The van der Waals surface area contributed by atoms with Crippen molar-refractivity contribution in [3.05, 3.63) is 87.5 Å². The number of nitrogens with zero attached hydrogens (tertiary/aromatic N) is 3. The molecule has 26 heavy (non-hydrogen) atoms. The molecule has 7 heteroatoms. The summed E-state index contributed by atoms with van der Waals surface area (Å²) in [4.78, 5) is 6.17. The van der Waals surface area contributed by atoms with E-state index in [9.17, 15) is 13.2 Å². The van der Waals surface area contributed by atoms with Gasteiger partial charge in [-0.25, -0.2) is 15.0 Å². The van der Waals surface area contributed by atoms with Gasteiger partial charge in [-0.05, 0) is 12.5 Å². The summed E-state index contributed by atoms with van der Waals surface area (Å²) in [5, 5.41) is 9.04. The lowest BCUT2D eigenvalue weighted by molar-refractivity contribution is -0.165. The molecule has 1 aliphatic heterocycles. The van der Waals surface area contributed by atoms with Crippen molar-refractivity contribution >= 4 is 6.08 Å². The zero-order valence-electron chi connectivity index (χ0n) is 14.6. The fraction of sp³-hybridized carbons (Fsp3) is 0.211. The van der Waals surface area contributed by atoms with E-state index >= 15 is 0 Å². The van der Waals surface area contributed by atoms with Crippen molar-refractivity contribution in [3.63, 3.8) is 0 Å². The molecule has 4 nitrogen and oxygen atoms in total. The van der Waals surface area contributed by atoms with Crippen molar-refractivity contribution in [2.45, 2.75) is 25.1 Å². The van der Waals surface area contributed by atoms with E-state index in [-0.39, 0.29) is 17.3 Å². The van der Waals surface area contributed by atoms with E-state index in [4.69, 9.17) is 24.5 Å². The SMILES string of the molecule is [2H]c1ccc(C=CC2=C([N+]#[C-])C(=C(C#N)[N+]#[C-])OC2(C)CC(F)(F)F)cc1. The topological polar surface area (TPSA) is 41.7 Å². The van der Waals surface area contributed by atoms with Gasteiger partial charge in [-0.3, -0.25) is 0 Å². The maximum atomic E-state index is 13.1. The molecule has 0 amide bonds. The van der Waals surface area contributed by atoms with Crippen LogP contribution in [0.1, 0.15) is 20.3 Å². The van der Waals surface area contributed by atoms with Crippen molar-refractivity contribution in [3.8, 4) is 6.07 Å². The molecule has 0 saturated heterocycles. The molecule has 1 unspecified atom stereocenters. The molecule has 0 aromatic heterocycles. The molecular weight excluding hydrogens is 343 g/mol. The average Bonchev–Trinajstić information content (AvgIpc) is 2.85. The van der Waals surface area contributed by atoms with Crippen LogP contribution >= 0.6 is 0 Å². The molecule has 1 aromatic carbocycles.